The lowest BCUT2D eigenvalue weighted by molar-refractivity contribution is -0.240. The molecule has 0 fully saturated rings. The first-order valence-corrected chi connectivity index (χ1v) is 6.36. The number of hydrogen-bond acceptors (Lipinski definition) is 6. The molecule has 2 unspecified atom stereocenters. The maximum atomic E-state index is 12.5. The summed E-state index contributed by atoms with van der Waals surface area (Å²) in [7, 11) is 0. The number of carboxylic acids is 1. The highest BCUT2D eigenvalue weighted by atomic mass is 17.1. The summed E-state index contributed by atoms with van der Waals surface area (Å²) in [4.78, 5) is 39.2. The third kappa shape index (κ3) is 3.26. The summed E-state index contributed by atoms with van der Waals surface area (Å²) in [5.41, 5.74) is 3.37. The Hall–Kier alpha value is -2.25. The molecule has 0 heterocycles. The average molecular weight is 295 g/mol. The largest absolute Gasteiger partial charge is 0.481 e. The predicted molar refractivity (Wildman–Crippen MR) is 72.4 cm³/mol. The van der Waals surface area contributed by atoms with E-state index in [0.717, 1.165) is 0 Å². The highest BCUT2D eigenvalue weighted by Crippen LogP contribution is 2.26. The number of hydrogen-bond donors (Lipinski definition) is 3. The van der Waals surface area contributed by atoms with Gasteiger partial charge in [-0.1, -0.05) is 43.7 Å². The third-order valence-electron chi connectivity index (χ3n) is 3.26. The quantitative estimate of drug-likeness (QED) is 0.297. The summed E-state index contributed by atoms with van der Waals surface area (Å²) in [6.45, 7) is 1.69. The Morgan fingerprint density at radius 2 is 1.86 bits per heavy atom. The van der Waals surface area contributed by atoms with Gasteiger partial charge in [0.1, 0.15) is 0 Å². The molecule has 0 aliphatic rings. The van der Waals surface area contributed by atoms with Gasteiger partial charge in [0.15, 0.2) is 11.3 Å². The van der Waals surface area contributed by atoms with Gasteiger partial charge in [-0.3, -0.25) is 14.5 Å². The number of Topliss-reactive ketones (excluding diaryl/α,β-unsaturated/α-hetero) is 1. The van der Waals surface area contributed by atoms with Crippen molar-refractivity contribution in [2.24, 2.45) is 11.7 Å². The molecule has 0 spiro atoms. The highest BCUT2D eigenvalue weighted by molar-refractivity contribution is 6.18. The minimum Gasteiger partial charge on any atom is -0.481 e. The first-order valence-electron chi connectivity index (χ1n) is 6.36. The lowest BCUT2D eigenvalue weighted by Gasteiger charge is -2.29. The molecule has 1 aromatic rings. The number of ketones is 1. The van der Waals surface area contributed by atoms with E-state index in [2.05, 4.69) is 4.89 Å². The van der Waals surface area contributed by atoms with Crippen molar-refractivity contribution in [3.05, 3.63) is 35.9 Å². The van der Waals surface area contributed by atoms with E-state index in [9.17, 15) is 19.5 Å². The first kappa shape index (κ1) is 16.8. The first-order chi connectivity index (χ1) is 9.89. The standard InChI is InChI=1S/C14H17NO6/c1-2-6-10(12(17)18)14(15,13(19)21-20)11(16)9-7-4-3-5-8-9/h3-5,7-8,10,20H,2,6,15H2,1H3,(H,17,18). The van der Waals surface area contributed by atoms with Gasteiger partial charge in [-0.05, 0) is 6.42 Å². The van der Waals surface area contributed by atoms with Gasteiger partial charge in [0.2, 0.25) is 0 Å². The van der Waals surface area contributed by atoms with E-state index < -0.39 is 29.2 Å². The monoisotopic (exact) mass is 295 g/mol. The Balaban J connectivity index is 3.35. The molecule has 4 N–H and O–H groups in total. The zero-order chi connectivity index (χ0) is 16.0. The van der Waals surface area contributed by atoms with Crippen LogP contribution < -0.4 is 5.73 Å². The zero-order valence-electron chi connectivity index (χ0n) is 11.5. The van der Waals surface area contributed by atoms with E-state index in [1.54, 1.807) is 25.1 Å². The van der Waals surface area contributed by atoms with Gasteiger partial charge in [-0.15, -0.1) is 0 Å². The number of nitrogens with two attached hydrogens (primary N) is 1. The van der Waals surface area contributed by atoms with E-state index in [4.69, 9.17) is 11.0 Å². The number of aliphatic carboxylic acids is 1. The summed E-state index contributed by atoms with van der Waals surface area (Å²) in [5.74, 6) is -5.32. The molecule has 0 saturated carbocycles. The maximum absolute atomic E-state index is 12.5. The van der Waals surface area contributed by atoms with Gasteiger partial charge in [0.05, 0.1) is 5.92 Å². The normalized spacial score (nSPS) is 14.8. The van der Waals surface area contributed by atoms with Crippen LogP contribution in [0.3, 0.4) is 0 Å². The fourth-order valence-corrected chi connectivity index (χ4v) is 2.13. The van der Waals surface area contributed by atoms with Crippen molar-refractivity contribution >= 4 is 17.7 Å². The van der Waals surface area contributed by atoms with Crippen LogP contribution in [0.4, 0.5) is 0 Å². The second-order valence-electron chi connectivity index (χ2n) is 4.62. The van der Waals surface area contributed by atoms with E-state index in [0.29, 0.717) is 6.42 Å². The number of rotatable bonds is 7. The van der Waals surface area contributed by atoms with Crippen LogP contribution >= 0.6 is 0 Å². The van der Waals surface area contributed by atoms with Crippen molar-refractivity contribution in [1.82, 2.24) is 0 Å². The Morgan fingerprint density at radius 1 is 1.29 bits per heavy atom. The molecule has 21 heavy (non-hydrogen) atoms. The molecule has 1 aromatic carbocycles. The van der Waals surface area contributed by atoms with Crippen molar-refractivity contribution in [2.45, 2.75) is 25.3 Å². The smallest absolute Gasteiger partial charge is 0.370 e. The van der Waals surface area contributed by atoms with Crippen LogP contribution in [0.2, 0.25) is 0 Å². The molecule has 0 aliphatic heterocycles. The molecular weight excluding hydrogens is 278 g/mol. The molecule has 0 aliphatic carbocycles. The minimum atomic E-state index is -2.49. The van der Waals surface area contributed by atoms with Crippen LogP contribution in [0.1, 0.15) is 30.1 Å². The molecule has 0 saturated heterocycles. The van der Waals surface area contributed by atoms with Gasteiger partial charge in [-0.2, -0.15) is 5.26 Å². The van der Waals surface area contributed by atoms with Crippen molar-refractivity contribution < 1.29 is 29.6 Å². The van der Waals surface area contributed by atoms with Crippen molar-refractivity contribution in [3.8, 4) is 0 Å². The van der Waals surface area contributed by atoms with Crippen LogP contribution in [-0.2, 0) is 14.5 Å². The predicted octanol–water partition coefficient (Wildman–Crippen LogP) is 1.08. The van der Waals surface area contributed by atoms with Crippen LogP contribution in [0.5, 0.6) is 0 Å². The van der Waals surface area contributed by atoms with Crippen LogP contribution in [0, 0.1) is 5.92 Å². The Bertz CT molecular complexity index is 530. The zero-order valence-corrected chi connectivity index (χ0v) is 11.5. The van der Waals surface area contributed by atoms with Crippen LogP contribution in [-0.4, -0.2) is 33.6 Å². The van der Waals surface area contributed by atoms with E-state index in [1.165, 1.54) is 12.1 Å². The van der Waals surface area contributed by atoms with E-state index >= 15 is 0 Å². The topological polar surface area (TPSA) is 127 Å². The molecule has 0 radical (unpaired) electrons. The second-order valence-corrected chi connectivity index (χ2v) is 4.62. The summed E-state index contributed by atoms with van der Waals surface area (Å²) in [6, 6.07) is 7.56. The lowest BCUT2D eigenvalue weighted by atomic mass is 9.76. The van der Waals surface area contributed by atoms with E-state index in [-0.39, 0.29) is 12.0 Å². The Morgan fingerprint density at radius 3 is 2.29 bits per heavy atom. The molecule has 7 heteroatoms. The Labute approximate surface area is 121 Å². The van der Waals surface area contributed by atoms with Gasteiger partial charge in [0.25, 0.3) is 0 Å². The molecule has 1 rings (SSSR count). The SMILES string of the molecule is CCCC(C(=O)O)C(N)(C(=O)OO)C(=O)c1ccccc1. The lowest BCUT2D eigenvalue weighted by Crippen LogP contribution is -2.62. The molecule has 0 amide bonds. The Kier molecular flexibility index (Phi) is 5.57. The number of carboxylic acid groups (broad SMARTS) is 1. The molecular formula is C14H17NO6. The van der Waals surface area contributed by atoms with Crippen LogP contribution in [0.25, 0.3) is 0 Å². The summed E-state index contributed by atoms with van der Waals surface area (Å²) < 4.78 is 0. The summed E-state index contributed by atoms with van der Waals surface area (Å²) in [5, 5.41) is 17.8. The third-order valence-corrected chi connectivity index (χ3v) is 3.26. The highest BCUT2D eigenvalue weighted by Gasteiger charge is 2.53. The van der Waals surface area contributed by atoms with Crippen molar-refractivity contribution in [1.29, 1.82) is 0 Å². The van der Waals surface area contributed by atoms with Gasteiger partial charge in [-0.25, -0.2) is 4.79 Å². The fourth-order valence-electron chi connectivity index (χ4n) is 2.13. The molecule has 2 atom stereocenters. The summed E-state index contributed by atoms with van der Waals surface area (Å²) >= 11 is 0. The molecule has 0 aromatic heterocycles. The average Bonchev–Trinajstić information content (AvgIpc) is 2.50. The number of benzene rings is 1. The van der Waals surface area contributed by atoms with Gasteiger partial charge in [0, 0.05) is 5.56 Å². The minimum absolute atomic E-state index is 0.0144. The fraction of sp³-hybridized carbons (Fsp3) is 0.357. The molecule has 0 bridgehead atoms. The van der Waals surface area contributed by atoms with E-state index in [1.807, 2.05) is 0 Å². The van der Waals surface area contributed by atoms with Crippen molar-refractivity contribution in [2.75, 3.05) is 0 Å². The molecule has 114 valence electrons. The van der Waals surface area contributed by atoms with Gasteiger partial charge < -0.3 is 10.8 Å². The van der Waals surface area contributed by atoms with Crippen molar-refractivity contribution in [3.63, 3.8) is 0 Å². The van der Waals surface area contributed by atoms with Crippen LogP contribution in [0.15, 0.2) is 30.3 Å². The second kappa shape index (κ2) is 6.96. The maximum Gasteiger partial charge on any atom is 0.370 e. The number of carbonyl (C=O) groups excluding carboxylic acids is 2. The number of carbonyl (C=O) groups is 3. The van der Waals surface area contributed by atoms with Gasteiger partial charge >= 0.3 is 11.9 Å². The molecule has 7 nitrogen and oxygen atoms in total. The summed E-state index contributed by atoms with van der Waals surface area (Å²) in [6.07, 6.45) is 0.371.